The minimum Gasteiger partial charge on any atom is -0.345 e. The van der Waals surface area contributed by atoms with Crippen LogP contribution in [0.25, 0.3) is 5.65 Å². The Morgan fingerprint density at radius 3 is 3.09 bits per heavy atom. The number of carbonyl (C=O) groups is 1. The summed E-state index contributed by atoms with van der Waals surface area (Å²) in [4.78, 5) is 16.7. The summed E-state index contributed by atoms with van der Waals surface area (Å²) in [5, 5.41) is 14.7. The van der Waals surface area contributed by atoms with Crippen molar-refractivity contribution < 1.29 is 9.42 Å². The summed E-state index contributed by atoms with van der Waals surface area (Å²) in [6.07, 6.45) is 6.60. The van der Waals surface area contributed by atoms with Crippen molar-refractivity contribution in [2.45, 2.75) is 38.6 Å². The molecule has 1 aliphatic rings. The molecule has 0 aromatic carbocycles. The second-order valence-electron chi connectivity index (χ2n) is 5.71. The van der Waals surface area contributed by atoms with E-state index in [1.165, 1.54) is 0 Å². The highest BCUT2D eigenvalue weighted by atomic mass is 16.6. The molecule has 0 bridgehead atoms. The van der Waals surface area contributed by atoms with Gasteiger partial charge in [0.2, 0.25) is 0 Å². The van der Waals surface area contributed by atoms with Gasteiger partial charge in [0.25, 0.3) is 5.91 Å². The maximum absolute atomic E-state index is 12.2. The summed E-state index contributed by atoms with van der Waals surface area (Å²) in [5.41, 5.74) is 3.58. The number of hydrogen-bond donors (Lipinski definition) is 1. The number of nitrogens with zero attached hydrogens (tertiary/aromatic N) is 5. The molecule has 0 atom stereocenters. The zero-order valence-electron chi connectivity index (χ0n) is 12.7. The fourth-order valence-electron chi connectivity index (χ4n) is 2.48. The van der Waals surface area contributed by atoms with E-state index in [4.69, 9.17) is 4.63 Å². The molecule has 1 amide bonds. The number of amides is 1. The minimum atomic E-state index is -0.285. The SMILES string of the molecule is CCc1cnn2cc(CNC(=O)c3nonc3C3CC3)nc2c1. The average Bonchev–Trinajstić information content (AvgIpc) is 3.15. The van der Waals surface area contributed by atoms with Gasteiger partial charge in [-0.2, -0.15) is 5.10 Å². The van der Waals surface area contributed by atoms with Gasteiger partial charge in [-0.15, -0.1) is 0 Å². The highest BCUT2D eigenvalue weighted by Gasteiger charge is 2.32. The van der Waals surface area contributed by atoms with Crippen molar-refractivity contribution in [1.29, 1.82) is 0 Å². The highest BCUT2D eigenvalue weighted by Crippen LogP contribution is 2.40. The Morgan fingerprint density at radius 1 is 1.43 bits per heavy atom. The van der Waals surface area contributed by atoms with Gasteiger partial charge in [0.05, 0.1) is 24.6 Å². The van der Waals surface area contributed by atoms with Crippen LogP contribution in [-0.4, -0.2) is 30.8 Å². The minimum absolute atomic E-state index is 0.280. The summed E-state index contributed by atoms with van der Waals surface area (Å²) in [6.45, 7) is 2.38. The van der Waals surface area contributed by atoms with E-state index < -0.39 is 0 Å². The zero-order chi connectivity index (χ0) is 15.8. The fraction of sp³-hybridized carbons (Fsp3) is 0.400. The van der Waals surface area contributed by atoms with Crippen molar-refractivity contribution in [3.8, 4) is 0 Å². The third kappa shape index (κ3) is 2.67. The van der Waals surface area contributed by atoms with E-state index in [0.29, 0.717) is 18.2 Å². The van der Waals surface area contributed by atoms with Gasteiger partial charge in [0.1, 0.15) is 5.69 Å². The number of fused-ring (bicyclic) bond motifs is 1. The van der Waals surface area contributed by atoms with Crippen molar-refractivity contribution >= 4 is 11.6 Å². The van der Waals surface area contributed by atoms with Crippen LogP contribution in [0.2, 0.25) is 0 Å². The summed E-state index contributed by atoms with van der Waals surface area (Å²) in [7, 11) is 0. The number of imidazole rings is 1. The van der Waals surface area contributed by atoms with Gasteiger partial charge in [0.15, 0.2) is 11.3 Å². The molecule has 0 radical (unpaired) electrons. The number of hydrogen-bond acceptors (Lipinski definition) is 6. The van der Waals surface area contributed by atoms with Gasteiger partial charge >= 0.3 is 0 Å². The number of nitrogens with one attached hydrogen (secondary N) is 1. The lowest BCUT2D eigenvalue weighted by Gasteiger charge is -2.00. The summed E-state index contributed by atoms with van der Waals surface area (Å²) in [5.74, 6) is 0.0290. The van der Waals surface area contributed by atoms with E-state index in [9.17, 15) is 4.79 Å². The lowest BCUT2D eigenvalue weighted by Crippen LogP contribution is -2.24. The van der Waals surface area contributed by atoms with E-state index in [0.717, 1.165) is 36.2 Å². The van der Waals surface area contributed by atoms with Gasteiger partial charge < -0.3 is 5.32 Å². The number of aryl methyl sites for hydroxylation is 1. The highest BCUT2D eigenvalue weighted by molar-refractivity contribution is 5.93. The van der Waals surface area contributed by atoms with Crippen LogP contribution in [0.4, 0.5) is 0 Å². The molecule has 3 aromatic heterocycles. The van der Waals surface area contributed by atoms with Crippen molar-refractivity contribution in [1.82, 2.24) is 30.2 Å². The quantitative estimate of drug-likeness (QED) is 0.766. The monoisotopic (exact) mass is 312 g/mol. The average molecular weight is 312 g/mol. The molecule has 1 N–H and O–H groups in total. The molecule has 8 nitrogen and oxygen atoms in total. The molecule has 1 fully saturated rings. The third-order valence-electron chi connectivity index (χ3n) is 3.96. The molecule has 8 heteroatoms. The predicted octanol–water partition coefficient (Wildman–Crippen LogP) is 1.48. The first kappa shape index (κ1) is 13.9. The lowest BCUT2D eigenvalue weighted by molar-refractivity contribution is 0.0940. The lowest BCUT2D eigenvalue weighted by atomic mass is 10.2. The van der Waals surface area contributed by atoms with Crippen molar-refractivity contribution in [2.75, 3.05) is 0 Å². The van der Waals surface area contributed by atoms with Gasteiger partial charge in [-0.05, 0) is 36.0 Å². The van der Waals surface area contributed by atoms with Crippen molar-refractivity contribution in [3.05, 3.63) is 41.1 Å². The molecular weight excluding hydrogens is 296 g/mol. The smallest absolute Gasteiger partial charge is 0.275 e. The van der Waals surface area contributed by atoms with Crippen LogP contribution in [0.3, 0.4) is 0 Å². The van der Waals surface area contributed by atoms with Crippen molar-refractivity contribution in [2.24, 2.45) is 0 Å². The molecule has 1 aliphatic carbocycles. The maximum Gasteiger partial charge on any atom is 0.275 e. The molecule has 3 aromatic rings. The normalized spacial score (nSPS) is 14.3. The Morgan fingerprint density at radius 2 is 2.30 bits per heavy atom. The summed E-state index contributed by atoms with van der Waals surface area (Å²) in [6, 6.07) is 1.99. The number of aromatic nitrogens is 5. The van der Waals surface area contributed by atoms with E-state index in [2.05, 4.69) is 32.6 Å². The van der Waals surface area contributed by atoms with Gasteiger partial charge in [-0.1, -0.05) is 12.1 Å². The van der Waals surface area contributed by atoms with E-state index >= 15 is 0 Å². The standard InChI is InChI=1S/C15H16N6O2/c1-2-9-5-12-18-11(8-21(12)17-6-9)7-16-15(22)14-13(10-3-4-10)19-23-20-14/h5-6,8,10H,2-4,7H2,1H3,(H,16,22). The first-order valence-electron chi connectivity index (χ1n) is 7.68. The van der Waals surface area contributed by atoms with E-state index in [1.54, 1.807) is 10.7 Å². The van der Waals surface area contributed by atoms with Crippen LogP contribution >= 0.6 is 0 Å². The summed E-state index contributed by atoms with van der Waals surface area (Å²) < 4.78 is 6.41. The second kappa shape index (κ2) is 5.45. The Kier molecular flexibility index (Phi) is 3.29. The molecule has 23 heavy (non-hydrogen) atoms. The van der Waals surface area contributed by atoms with E-state index in [-0.39, 0.29) is 11.6 Å². The first-order chi connectivity index (χ1) is 11.2. The molecule has 4 rings (SSSR count). The first-order valence-corrected chi connectivity index (χ1v) is 7.68. The van der Waals surface area contributed by atoms with Crippen LogP contribution in [0, 0.1) is 0 Å². The second-order valence-corrected chi connectivity index (χ2v) is 5.71. The Labute approximate surface area is 131 Å². The Balaban J connectivity index is 1.47. The molecule has 3 heterocycles. The summed E-state index contributed by atoms with van der Waals surface area (Å²) >= 11 is 0. The van der Waals surface area contributed by atoms with Crippen LogP contribution in [-0.2, 0) is 13.0 Å². The van der Waals surface area contributed by atoms with Gasteiger partial charge in [-0.25, -0.2) is 14.1 Å². The van der Waals surface area contributed by atoms with Crippen LogP contribution in [0.1, 0.15) is 53.1 Å². The van der Waals surface area contributed by atoms with Crippen molar-refractivity contribution in [3.63, 3.8) is 0 Å². The molecule has 0 aliphatic heterocycles. The predicted molar refractivity (Wildman–Crippen MR) is 79.8 cm³/mol. The topological polar surface area (TPSA) is 98.2 Å². The third-order valence-corrected chi connectivity index (χ3v) is 3.96. The Bertz CT molecular complexity index is 864. The molecule has 118 valence electrons. The number of carbonyl (C=O) groups excluding carboxylic acids is 1. The zero-order valence-corrected chi connectivity index (χ0v) is 12.7. The molecule has 1 saturated carbocycles. The van der Waals surface area contributed by atoms with E-state index in [1.807, 2.05) is 12.3 Å². The largest absolute Gasteiger partial charge is 0.345 e. The maximum atomic E-state index is 12.2. The van der Waals surface area contributed by atoms with Crippen LogP contribution in [0.5, 0.6) is 0 Å². The molecular formula is C15H16N6O2. The Hall–Kier alpha value is -2.77. The van der Waals surface area contributed by atoms with Gasteiger partial charge in [-0.3, -0.25) is 4.79 Å². The molecule has 0 unspecified atom stereocenters. The van der Waals surface area contributed by atoms with Gasteiger partial charge in [0, 0.05) is 5.92 Å². The van der Waals surface area contributed by atoms with Crippen LogP contribution in [0.15, 0.2) is 23.1 Å². The molecule has 0 saturated heterocycles. The number of rotatable bonds is 5. The molecule has 0 spiro atoms. The van der Waals surface area contributed by atoms with Crippen LogP contribution < -0.4 is 5.32 Å². The fourth-order valence-corrected chi connectivity index (χ4v) is 2.48.